The number of carbonyl (C=O) groups excluding carboxylic acids is 2. The van der Waals surface area contributed by atoms with Crippen molar-refractivity contribution in [2.45, 2.75) is 0 Å². The number of ether oxygens (including phenoxy) is 2. The quantitative estimate of drug-likeness (QED) is 0.829. The van der Waals surface area contributed by atoms with Gasteiger partial charge in [0.1, 0.15) is 12.3 Å². The number of rotatable bonds is 6. The fourth-order valence-corrected chi connectivity index (χ4v) is 1.89. The Hall–Kier alpha value is -2.82. The highest BCUT2D eigenvalue weighted by molar-refractivity contribution is 5.83. The molecule has 0 fully saturated rings. The molecular weight excluding hydrogens is 282 g/mol. The second kappa shape index (κ2) is 7.83. The molecule has 5 nitrogen and oxygen atoms in total. The van der Waals surface area contributed by atoms with Gasteiger partial charge in [-0.2, -0.15) is 0 Å². The Bertz CT molecular complexity index is 640. The van der Waals surface area contributed by atoms with Crippen LogP contribution in [0.15, 0.2) is 54.6 Å². The molecule has 0 spiro atoms. The molecule has 0 unspecified atom stereocenters. The lowest BCUT2D eigenvalue weighted by Gasteiger charge is -2.11. The van der Waals surface area contributed by atoms with Crippen LogP contribution >= 0.6 is 0 Å². The molecule has 0 heterocycles. The lowest BCUT2D eigenvalue weighted by Crippen LogP contribution is -2.33. The van der Waals surface area contributed by atoms with E-state index in [-0.39, 0.29) is 19.1 Å². The number of nitrogens with one attached hydrogen (secondary N) is 1. The normalized spacial score (nSPS) is 9.86. The second-order valence-corrected chi connectivity index (χ2v) is 4.50. The summed E-state index contributed by atoms with van der Waals surface area (Å²) in [6.45, 7) is -0.333. The summed E-state index contributed by atoms with van der Waals surface area (Å²) >= 11 is 0. The Balaban J connectivity index is 1.99. The van der Waals surface area contributed by atoms with Gasteiger partial charge >= 0.3 is 5.97 Å². The first kappa shape index (κ1) is 15.6. The summed E-state index contributed by atoms with van der Waals surface area (Å²) in [6.07, 6.45) is 0. The predicted molar refractivity (Wildman–Crippen MR) is 82.4 cm³/mol. The molecule has 2 rings (SSSR count). The van der Waals surface area contributed by atoms with Crippen molar-refractivity contribution in [2.24, 2.45) is 0 Å². The molecule has 5 heteroatoms. The third-order valence-electron chi connectivity index (χ3n) is 2.99. The van der Waals surface area contributed by atoms with E-state index in [1.165, 1.54) is 7.11 Å². The standard InChI is InChI=1S/C17H17NO4/c1-21-17(20)11-18-16(19)12-22-15-10-6-5-9-14(15)13-7-3-2-4-8-13/h2-10H,11-12H2,1H3,(H,18,19). The number of benzene rings is 2. The van der Waals surface area contributed by atoms with Gasteiger partial charge in [0.2, 0.25) is 0 Å². The summed E-state index contributed by atoms with van der Waals surface area (Å²) in [5, 5.41) is 2.42. The van der Waals surface area contributed by atoms with Gasteiger partial charge in [0.15, 0.2) is 6.61 Å². The van der Waals surface area contributed by atoms with Crippen LogP contribution in [0.1, 0.15) is 0 Å². The zero-order valence-electron chi connectivity index (χ0n) is 12.2. The number of carbonyl (C=O) groups is 2. The van der Waals surface area contributed by atoms with Crippen LogP contribution in [0, 0.1) is 0 Å². The maximum atomic E-state index is 11.6. The summed E-state index contributed by atoms with van der Waals surface area (Å²) in [5.41, 5.74) is 1.91. The highest BCUT2D eigenvalue weighted by atomic mass is 16.5. The van der Waals surface area contributed by atoms with E-state index in [0.717, 1.165) is 11.1 Å². The molecule has 114 valence electrons. The maximum absolute atomic E-state index is 11.6. The molecule has 0 aromatic heterocycles. The van der Waals surface area contributed by atoms with Crippen LogP contribution in [-0.2, 0) is 14.3 Å². The Morgan fingerprint density at radius 3 is 2.41 bits per heavy atom. The molecule has 0 radical (unpaired) electrons. The zero-order chi connectivity index (χ0) is 15.8. The minimum atomic E-state index is -0.502. The topological polar surface area (TPSA) is 64.6 Å². The maximum Gasteiger partial charge on any atom is 0.325 e. The lowest BCUT2D eigenvalue weighted by atomic mass is 10.1. The van der Waals surface area contributed by atoms with Crippen molar-refractivity contribution in [3.63, 3.8) is 0 Å². The van der Waals surface area contributed by atoms with Gasteiger partial charge in [-0.1, -0.05) is 48.5 Å². The van der Waals surface area contributed by atoms with Crippen molar-refractivity contribution in [1.82, 2.24) is 5.32 Å². The Kier molecular flexibility index (Phi) is 5.54. The Morgan fingerprint density at radius 2 is 1.68 bits per heavy atom. The minimum absolute atomic E-state index is 0.166. The molecule has 2 aromatic rings. The monoisotopic (exact) mass is 299 g/mol. The number of esters is 1. The van der Waals surface area contributed by atoms with Crippen LogP contribution in [0.5, 0.6) is 5.75 Å². The molecule has 0 atom stereocenters. The molecule has 0 bridgehead atoms. The van der Waals surface area contributed by atoms with E-state index in [0.29, 0.717) is 5.75 Å². The number of para-hydroxylation sites is 1. The van der Waals surface area contributed by atoms with E-state index < -0.39 is 5.97 Å². The van der Waals surface area contributed by atoms with Gasteiger partial charge in [-0.05, 0) is 11.6 Å². The predicted octanol–water partition coefficient (Wildman–Crippen LogP) is 2.02. The fourth-order valence-electron chi connectivity index (χ4n) is 1.89. The molecule has 0 saturated heterocycles. The first-order chi connectivity index (χ1) is 10.7. The van der Waals surface area contributed by atoms with Crippen molar-refractivity contribution < 1.29 is 19.1 Å². The second-order valence-electron chi connectivity index (χ2n) is 4.50. The molecule has 0 aliphatic carbocycles. The summed E-state index contributed by atoms with van der Waals surface area (Å²) in [6, 6.07) is 17.2. The van der Waals surface area contributed by atoms with E-state index in [1.807, 2.05) is 48.5 Å². The van der Waals surface area contributed by atoms with E-state index in [4.69, 9.17) is 4.74 Å². The lowest BCUT2D eigenvalue weighted by molar-refractivity contribution is -0.141. The van der Waals surface area contributed by atoms with Gasteiger partial charge in [-0.3, -0.25) is 9.59 Å². The first-order valence-electron chi connectivity index (χ1n) is 6.81. The van der Waals surface area contributed by atoms with Gasteiger partial charge in [-0.25, -0.2) is 0 Å². The summed E-state index contributed by atoms with van der Waals surface area (Å²) < 4.78 is 10.0. The molecule has 22 heavy (non-hydrogen) atoms. The van der Waals surface area contributed by atoms with Gasteiger partial charge < -0.3 is 14.8 Å². The molecular formula is C17H17NO4. The third kappa shape index (κ3) is 4.34. The van der Waals surface area contributed by atoms with Crippen molar-refractivity contribution in [1.29, 1.82) is 0 Å². The van der Waals surface area contributed by atoms with Crippen molar-refractivity contribution in [3.05, 3.63) is 54.6 Å². The average molecular weight is 299 g/mol. The van der Waals surface area contributed by atoms with Crippen LogP contribution in [0.2, 0.25) is 0 Å². The Morgan fingerprint density at radius 1 is 1.00 bits per heavy atom. The van der Waals surface area contributed by atoms with E-state index in [2.05, 4.69) is 10.1 Å². The van der Waals surface area contributed by atoms with E-state index in [1.54, 1.807) is 6.07 Å². The van der Waals surface area contributed by atoms with Crippen LogP contribution in [0.3, 0.4) is 0 Å². The van der Waals surface area contributed by atoms with Crippen molar-refractivity contribution in [2.75, 3.05) is 20.3 Å². The molecule has 2 aromatic carbocycles. The molecule has 1 amide bonds. The van der Waals surface area contributed by atoms with Crippen LogP contribution in [0.4, 0.5) is 0 Å². The van der Waals surface area contributed by atoms with E-state index in [9.17, 15) is 9.59 Å². The first-order valence-corrected chi connectivity index (χ1v) is 6.81. The number of amides is 1. The third-order valence-corrected chi connectivity index (χ3v) is 2.99. The SMILES string of the molecule is COC(=O)CNC(=O)COc1ccccc1-c1ccccc1. The average Bonchev–Trinajstić information content (AvgIpc) is 2.58. The number of methoxy groups -OCH3 is 1. The molecule has 1 N–H and O–H groups in total. The summed E-state index contributed by atoms with van der Waals surface area (Å²) in [4.78, 5) is 22.6. The molecule has 0 aliphatic rings. The number of hydrogen-bond donors (Lipinski definition) is 1. The van der Waals surface area contributed by atoms with Gasteiger partial charge in [0, 0.05) is 5.56 Å². The van der Waals surface area contributed by atoms with E-state index >= 15 is 0 Å². The molecule has 0 saturated carbocycles. The van der Waals surface area contributed by atoms with Crippen molar-refractivity contribution in [3.8, 4) is 16.9 Å². The number of hydrogen-bond acceptors (Lipinski definition) is 4. The van der Waals surface area contributed by atoms with Gasteiger partial charge in [0.05, 0.1) is 7.11 Å². The Labute approximate surface area is 128 Å². The van der Waals surface area contributed by atoms with Gasteiger partial charge in [0.25, 0.3) is 5.91 Å². The smallest absolute Gasteiger partial charge is 0.325 e. The summed E-state index contributed by atoms with van der Waals surface area (Å²) in [7, 11) is 1.26. The highest BCUT2D eigenvalue weighted by Gasteiger charge is 2.09. The van der Waals surface area contributed by atoms with Crippen LogP contribution < -0.4 is 10.1 Å². The fraction of sp³-hybridized carbons (Fsp3) is 0.176. The zero-order valence-corrected chi connectivity index (χ0v) is 12.2. The van der Waals surface area contributed by atoms with Gasteiger partial charge in [-0.15, -0.1) is 0 Å². The molecule has 0 aliphatic heterocycles. The van der Waals surface area contributed by atoms with Crippen LogP contribution in [0.25, 0.3) is 11.1 Å². The summed E-state index contributed by atoms with van der Waals surface area (Å²) in [5.74, 6) is -0.270. The highest BCUT2D eigenvalue weighted by Crippen LogP contribution is 2.29. The largest absolute Gasteiger partial charge is 0.483 e. The van der Waals surface area contributed by atoms with Crippen molar-refractivity contribution >= 4 is 11.9 Å². The van der Waals surface area contributed by atoms with Crippen LogP contribution in [-0.4, -0.2) is 32.1 Å². The minimum Gasteiger partial charge on any atom is -0.483 e.